The summed E-state index contributed by atoms with van der Waals surface area (Å²) in [7, 11) is -17.7. The van der Waals surface area contributed by atoms with Crippen molar-refractivity contribution in [1.82, 2.24) is 19.5 Å². The maximum absolute atomic E-state index is 12.0. The molecule has 32 heavy (non-hydrogen) atoms. The van der Waals surface area contributed by atoms with Crippen molar-refractivity contribution in [3.05, 3.63) is 12.7 Å². The summed E-state index contributed by atoms with van der Waals surface area (Å²) in [4.78, 5) is 53.1. The van der Waals surface area contributed by atoms with E-state index in [1.807, 2.05) is 0 Å². The van der Waals surface area contributed by atoms with Crippen LogP contribution in [0.25, 0.3) is 11.2 Å². The van der Waals surface area contributed by atoms with Gasteiger partial charge in [0, 0.05) is 0 Å². The second-order valence-electron chi connectivity index (χ2n) is 6.34. The molecule has 0 bridgehead atoms. The Morgan fingerprint density at radius 2 is 1.81 bits per heavy atom. The summed E-state index contributed by atoms with van der Waals surface area (Å²) in [5.74, 6) is 0.0204. The number of phosphoric acid groups is 1. The number of anilines is 1. The van der Waals surface area contributed by atoms with Crippen LogP contribution in [0.3, 0.4) is 0 Å². The molecule has 1 fully saturated rings. The highest BCUT2D eigenvalue weighted by atomic mass is 35.5. The van der Waals surface area contributed by atoms with Crippen molar-refractivity contribution in [2.75, 3.05) is 12.3 Å². The number of imidazole rings is 1. The first kappa shape index (κ1) is 25.6. The fourth-order valence-corrected chi connectivity index (χ4v) is 7.10. The van der Waals surface area contributed by atoms with Gasteiger partial charge in [0.2, 0.25) is 0 Å². The number of aromatic nitrogens is 4. The third kappa shape index (κ3) is 5.21. The molecule has 2 aromatic rings. The SMILES string of the molecule is Nc1ncnc2c1ncn2C1OC(COP(=O)([O-])[C@H](Cl)P(=O)([O-])OP(=O)([O-])[O-])C(O)C1O. The van der Waals surface area contributed by atoms with E-state index in [1.165, 1.54) is 10.9 Å². The van der Waals surface area contributed by atoms with E-state index < -0.39 is 59.0 Å². The van der Waals surface area contributed by atoms with Crippen molar-refractivity contribution in [3.63, 3.8) is 0 Å². The molecular formula is C11H13ClN5O12P3-4. The van der Waals surface area contributed by atoms with Gasteiger partial charge >= 0.3 is 0 Å². The number of hydrogen-bond acceptors (Lipinski definition) is 16. The Hall–Kier alpha value is -1.03. The van der Waals surface area contributed by atoms with Gasteiger partial charge in [-0.05, 0) is 0 Å². The van der Waals surface area contributed by atoms with Crippen LogP contribution in [0.15, 0.2) is 12.7 Å². The van der Waals surface area contributed by atoms with Gasteiger partial charge in [0.05, 0.1) is 20.8 Å². The first-order valence-electron chi connectivity index (χ1n) is 8.22. The molecule has 1 aliphatic heterocycles. The quantitative estimate of drug-likeness (QED) is 0.218. The fraction of sp³-hybridized carbons (Fsp3) is 0.545. The fourth-order valence-electron chi connectivity index (χ4n) is 2.74. The van der Waals surface area contributed by atoms with Crippen LogP contribution in [-0.4, -0.2) is 59.5 Å². The summed E-state index contributed by atoms with van der Waals surface area (Å²) in [5.41, 5.74) is 5.94. The molecule has 4 N–H and O–H groups in total. The van der Waals surface area contributed by atoms with Crippen LogP contribution >= 0.6 is 34.6 Å². The predicted octanol–water partition coefficient (Wildman–Crippen LogP) is -3.48. The summed E-state index contributed by atoms with van der Waals surface area (Å²) < 4.78 is 48.2. The molecule has 21 heteroatoms. The topological polar surface area (TPSA) is 281 Å². The van der Waals surface area contributed by atoms with Crippen molar-refractivity contribution in [2.24, 2.45) is 0 Å². The minimum Gasteiger partial charge on any atom is -0.790 e. The van der Waals surface area contributed by atoms with E-state index in [-0.39, 0.29) is 17.0 Å². The summed E-state index contributed by atoms with van der Waals surface area (Å²) in [5, 5.41) is 20.5. The van der Waals surface area contributed by atoms with Gasteiger partial charge in [0.1, 0.15) is 30.2 Å². The molecule has 17 nitrogen and oxygen atoms in total. The van der Waals surface area contributed by atoms with E-state index in [2.05, 4.69) is 23.8 Å². The molecule has 0 aromatic carbocycles. The molecule has 1 saturated heterocycles. The van der Waals surface area contributed by atoms with Crippen LogP contribution in [0, 0.1) is 0 Å². The third-order valence-electron chi connectivity index (χ3n) is 4.15. The number of nitrogen functional groups attached to an aromatic ring is 1. The Labute approximate surface area is 183 Å². The molecular weight excluding hydrogens is 523 g/mol. The molecule has 0 spiro atoms. The molecule has 7 atom stereocenters. The van der Waals surface area contributed by atoms with Crippen LogP contribution in [0.5, 0.6) is 0 Å². The molecule has 0 aliphatic carbocycles. The molecule has 1 aliphatic rings. The van der Waals surface area contributed by atoms with Crippen molar-refractivity contribution < 1.29 is 57.1 Å². The highest BCUT2D eigenvalue weighted by Crippen LogP contribution is 2.66. The van der Waals surface area contributed by atoms with Gasteiger partial charge in [0.15, 0.2) is 37.7 Å². The summed E-state index contributed by atoms with van der Waals surface area (Å²) in [6.07, 6.45) is -3.97. The molecule has 180 valence electrons. The number of ether oxygens (including phenoxy) is 1. The normalized spacial score (nSPS) is 29.0. The van der Waals surface area contributed by atoms with E-state index in [4.69, 9.17) is 22.1 Å². The number of aliphatic hydroxyl groups excluding tert-OH is 2. The number of rotatable bonds is 8. The number of alkyl halides is 1. The van der Waals surface area contributed by atoms with Gasteiger partial charge < -0.3 is 62.8 Å². The van der Waals surface area contributed by atoms with Gasteiger partial charge in [-0.2, -0.15) is 0 Å². The average molecular weight is 536 g/mol. The van der Waals surface area contributed by atoms with E-state index >= 15 is 0 Å². The van der Waals surface area contributed by atoms with Gasteiger partial charge in [-0.3, -0.25) is 4.57 Å². The Morgan fingerprint density at radius 3 is 2.44 bits per heavy atom. The number of aliphatic hydroxyl groups is 2. The minimum absolute atomic E-state index is 0.0204. The predicted molar refractivity (Wildman–Crippen MR) is 95.2 cm³/mol. The van der Waals surface area contributed by atoms with E-state index in [1.54, 1.807) is 0 Å². The molecule has 0 amide bonds. The van der Waals surface area contributed by atoms with Gasteiger partial charge in [-0.1, -0.05) is 0 Å². The van der Waals surface area contributed by atoms with Crippen molar-refractivity contribution >= 4 is 51.6 Å². The first-order valence-corrected chi connectivity index (χ1v) is 13.3. The monoisotopic (exact) mass is 535 g/mol. The van der Waals surface area contributed by atoms with Crippen molar-refractivity contribution in [1.29, 1.82) is 0 Å². The molecule has 6 unspecified atom stereocenters. The first-order chi connectivity index (χ1) is 14.6. The van der Waals surface area contributed by atoms with E-state index in [9.17, 15) is 43.5 Å². The molecule has 2 aromatic heterocycles. The number of fused-ring (bicyclic) bond motifs is 1. The Bertz CT molecular complexity index is 1140. The zero-order valence-electron chi connectivity index (χ0n) is 15.3. The molecule has 0 saturated carbocycles. The number of nitrogens with two attached hydrogens (primary N) is 1. The summed E-state index contributed by atoms with van der Waals surface area (Å²) in [6.45, 7) is -1.05. The van der Waals surface area contributed by atoms with Crippen molar-refractivity contribution in [2.45, 2.75) is 29.4 Å². The Morgan fingerprint density at radius 1 is 1.16 bits per heavy atom. The lowest BCUT2D eigenvalue weighted by molar-refractivity contribution is -0.337. The summed E-state index contributed by atoms with van der Waals surface area (Å²) in [6, 6.07) is 0. The third-order valence-corrected chi connectivity index (χ3v) is 10.5. The zero-order valence-corrected chi connectivity index (χ0v) is 18.8. The average Bonchev–Trinajstić information content (AvgIpc) is 3.21. The van der Waals surface area contributed by atoms with E-state index in [0.29, 0.717) is 0 Å². The largest absolute Gasteiger partial charge is 0.790 e. The van der Waals surface area contributed by atoms with Gasteiger partial charge in [-0.25, -0.2) is 15.0 Å². The molecule has 3 heterocycles. The number of halogens is 1. The molecule has 3 rings (SSSR count). The second kappa shape index (κ2) is 8.96. The van der Waals surface area contributed by atoms with Gasteiger partial charge in [0.25, 0.3) is 0 Å². The second-order valence-corrected chi connectivity index (χ2v) is 12.8. The molecule has 0 radical (unpaired) electrons. The van der Waals surface area contributed by atoms with Crippen LogP contribution in [0.4, 0.5) is 5.82 Å². The Kier molecular flexibility index (Phi) is 7.17. The Balaban J connectivity index is 1.73. The van der Waals surface area contributed by atoms with E-state index in [0.717, 1.165) is 6.33 Å². The maximum atomic E-state index is 12.0. The lowest BCUT2D eigenvalue weighted by Crippen LogP contribution is -2.34. The smallest absolute Gasteiger partial charge is 0.167 e. The maximum Gasteiger partial charge on any atom is 0.167 e. The lowest BCUT2D eigenvalue weighted by atomic mass is 10.1. The van der Waals surface area contributed by atoms with Crippen LogP contribution in [-0.2, 0) is 27.3 Å². The number of nitrogens with zero attached hydrogens (tertiary/aromatic N) is 4. The highest BCUT2D eigenvalue weighted by molar-refractivity contribution is 7.76. The number of hydrogen-bond donors (Lipinski definition) is 3. The van der Waals surface area contributed by atoms with Crippen LogP contribution in [0.2, 0.25) is 0 Å². The lowest BCUT2D eigenvalue weighted by Gasteiger charge is -2.41. The van der Waals surface area contributed by atoms with Crippen LogP contribution < -0.4 is 25.3 Å². The zero-order chi connectivity index (χ0) is 24.1. The highest BCUT2D eigenvalue weighted by Gasteiger charge is 2.45. The minimum atomic E-state index is -6.13. The van der Waals surface area contributed by atoms with Crippen molar-refractivity contribution in [3.8, 4) is 0 Å². The summed E-state index contributed by atoms with van der Waals surface area (Å²) >= 11 is 5.22. The van der Waals surface area contributed by atoms with Gasteiger partial charge in [-0.15, -0.1) is 11.6 Å². The standard InChI is InChI=1S/C11H17ClN5O12P3/c12-11(31(22,23)29-32(24,25)26)30(20,21)27-1-4-6(18)7(19)10(28-4)17-3-16-5-8(13)14-2-15-9(5)17/h2-4,6-7,10-11,18-19H,1H2,(H,20,21)(H,22,23)(H2,13,14,15)(H2,24,25,26)/p-4/t4?,6?,7?,10?,11-/m0/s1. The van der Waals surface area contributed by atoms with Crippen LogP contribution in [0.1, 0.15) is 6.23 Å².